The molecule has 7 heteroatoms. The van der Waals surface area contributed by atoms with Crippen molar-refractivity contribution in [3.05, 3.63) is 46.6 Å². The van der Waals surface area contributed by atoms with Gasteiger partial charge in [0, 0.05) is 22.9 Å². The molecule has 0 fully saturated rings. The lowest BCUT2D eigenvalue weighted by Gasteiger charge is -2.10. The number of rotatable bonds is 5. The Hall–Kier alpha value is -1.60. The Morgan fingerprint density at radius 3 is 2.48 bits per heavy atom. The fourth-order valence-electron chi connectivity index (χ4n) is 1.79. The number of nitrogens with one attached hydrogen (secondary N) is 2. The van der Waals surface area contributed by atoms with Gasteiger partial charge in [-0.1, -0.05) is 0 Å². The van der Waals surface area contributed by atoms with Crippen molar-refractivity contribution in [3.63, 3.8) is 0 Å². The van der Waals surface area contributed by atoms with E-state index in [1.165, 1.54) is 0 Å². The van der Waals surface area contributed by atoms with Crippen molar-refractivity contribution >= 4 is 37.5 Å². The number of aryl methyl sites for hydroxylation is 1. The molecule has 2 rings (SSSR count). The second-order valence-electron chi connectivity index (χ2n) is 4.48. The van der Waals surface area contributed by atoms with Gasteiger partial charge in [0.2, 0.25) is 0 Å². The number of hydrogen-bond acceptors (Lipinski definition) is 4. The van der Waals surface area contributed by atoms with Crippen LogP contribution < -0.4 is 10.0 Å². The van der Waals surface area contributed by atoms with Crippen molar-refractivity contribution in [2.24, 2.45) is 0 Å². The number of sulfonamides is 1. The highest BCUT2D eigenvalue weighted by Gasteiger charge is 2.16. The van der Waals surface area contributed by atoms with E-state index in [2.05, 4.69) is 31.0 Å². The average molecular weight is 370 g/mol. The summed E-state index contributed by atoms with van der Waals surface area (Å²) in [6.07, 6.45) is 1.55. The molecule has 0 aliphatic heterocycles. The summed E-state index contributed by atoms with van der Waals surface area (Å²) < 4.78 is 28.0. The lowest BCUT2D eigenvalue weighted by atomic mass is 10.3. The summed E-state index contributed by atoms with van der Waals surface area (Å²) in [6, 6.07) is 8.40. The summed E-state index contributed by atoms with van der Waals surface area (Å²) in [6.45, 7) is 4.56. The summed E-state index contributed by atoms with van der Waals surface area (Å²) in [4.78, 5) is 4.29. The number of pyridine rings is 1. The molecule has 112 valence electrons. The van der Waals surface area contributed by atoms with E-state index in [4.69, 9.17) is 0 Å². The van der Waals surface area contributed by atoms with Gasteiger partial charge in [0.05, 0.1) is 4.90 Å². The molecule has 21 heavy (non-hydrogen) atoms. The molecule has 2 N–H and O–H groups in total. The first-order chi connectivity index (χ1) is 9.92. The second-order valence-corrected chi connectivity index (χ2v) is 7.08. The van der Waals surface area contributed by atoms with Crippen LogP contribution in [0.2, 0.25) is 0 Å². The standard InChI is InChI=1S/C14H16BrN3O2S/c1-3-16-12-4-6-13(7-5-12)21(19,20)18-14-10(2)8-11(15)9-17-14/h4-9,16H,3H2,1-2H3,(H,17,18). The zero-order valence-electron chi connectivity index (χ0n) is 11.7. The Morgan fingerprint density at radius 2 is 1.90 bits per heavy atom. The van der Waals surface area contributed by atoms with Crippen LogP contribution in [0.4, 0.5) is 11.5 Å². The first kappa shape index (κ1) is 15.8. The van der Waals surface area contributed by atoms with Crippen LogP contribution in [0.25, 0.3) is 0 Å². The molecule has 0 radical (unpaired) electrons. The SMILES string of the molecule is CCNc1ccc(S(=O)(=O)Nc2ncc(Br)cc2C)cc1. The van der Waals surface area contributed by atoms with Gasteiger partial charge >= 0.3 is 0 Å². The molecule has 0 bridgehead atoms. The van der Waals surface area contributed by atoms with E-state index in [1.807, 2.05) is 6.92 Å². The van der Waals surface area contributed by atoms with Crippen molar-refractivity contribution in [1.82, 2.24) is 4.98 Å². The maximum absolute atomic E-state index is 12.3. The molecule has 0 aliphatic carbocycles. The Bertz CT molecular complexity index is 730. The normalized spacial score (nSPS) is 11.2. The molecular formula is C14H16BrN3O2S. The van der Waals surface area contributed by atoms with Crippen LogP contribution in [0.15, 0.2) is 45.9 Å². The molecular weight excluding hydrogens is 354 g/mol. The number of benzene rings is 1. The van der Waals surface area contributed by atoms with E-state index >= 15 is 0 Å². The molecule has 0 saturated carbocycles. The van der Waals surface area contributed by atoms with E-state index in [0.717, 1.165) is 22.3 Å². The molecule has 1 aromatic carbocycles. The van der Waals surface area contributed by atoms with Crippen LogP contribution in [-0.4, -0.2) is 19.9 Å². The first-order valence-corrected chi connectivity index (χ1v) is 8.69. The first-order valence-electron chi connectivity index (χ1n) is 6.41. The van der Waals surface area contributed by atoms with Gasteiger partial charge < -0.3 is 5.32 Å². The van der Waals surface area contributed by atoms with Gasteiger partial charge in [-0.25, -0.2) is 13.4 Å². The van der Waals surface area contributed by atoms with E-state index in [1.54, 1.807) is 43.5 Å². The van der Waals surface area contributed by atoms with E-state index in [0.29, 0.717) is 5.82 Å². The maximum atomic E-state index is 12.3. The van der Waals surface area contributed by atoms with Crippen LogP contribution in [0.3, 0.4) is 0 Å². The van der Waals surface area contributed by atoms with Gasteiger partial charge in [-0.15, -0.1) is 0 Å². The van der Waals surface area contributed by atoms with E-state index in [9.17, 15) is 8.42 Å². The largest absolute Gasteiger partial charge is 0.385 e. The monoisotopic (exact) mass is 369 g/mol. The van der Waals surface area contributed by atoms with Crippen molar-refractivity contribution in [2.45, 2.75) is 18.7 Å². The predicted molar refractivity (Wildman–Crippen MR) is 88.1 cm³/mol. The fourth-order valence-corrected chi connectivity index (χ4v) is 3.32. The molecule has 2 aromatic rings. The Labute approximate surface area is 133 Å². The van der Waals surface area contributed by atoms with Crippen molar-refractivity contribution in [3.8, 4) is 0 Å². The smallest absolute Gasteiger partial charge is 0.263 e. The quantitative estimate of drug-likeness (QED) is 0.847. The third-order valence-electron chi connectivity index (χ3n) is 2.82. The lowest BCUT2D eigenvalue weighted by molar-refractivity contribution is 0.601. The van der Waals surface area contributed by atoms with Crippen LogP contribution in [0.1, 0.15) is 12.5 Å². The van der Waals surface area contributed by atoms with Gasteiger partial charge in [-0.3, -0.25) is 4.72 Å². The summed E-state index contributed by atoms with van der Waals surface area (Å²) in [7, 11) is -3.64. The minimum absolute atomic E-state index is 0.202. The Morgan fingerprint density at radius 1 is 1.24 bits per heavy atom. The third kappa shape index (κ3) is 3.95. The number of nitrogens with zero attached hydrogens (tertiary/aromatic N) is 1. The lowest BCUT2D eigenvalue weighted by Crippen LogP contribution is -2.14. The molecule has 0 unspecified atom stereocenters. The van der Waals surface area contributed by atoms with Gasteiger partial charge in [0.15, 0.2) is 0 Å². The van der Waals surface area contributed by atoms with Crippen LogP contribution in [0.5, 0.6) is 0 Å². The van der Waals surface area contributed by atoms with Gasteiger partial charge in [-0.05, 0) is 65.7 Å². The number of anilines is 2. The second kappa shape index (κ2) is 6.44. The van der Waals surface area contributed by atoms with E-state index in [-0.39, 0.29) is 4.90 Å². The zero-order valence-corrected chi connectivity index (χ0v) is 14.1. The van der Waals surface area contributed by atoms with Gasteiger partial charge in [-0.2, -0.15) is 0 Å². The highest BCUT2D eigenvalue weighted by molar-refractivity contribution is 9.10. The highest BCUT2D eigenvalue weighted by atomic mass is 79.9. The van der Waals surface area contributed by atoms with Crippen molar-refractivity contribution in [1.29, 1.82) is 0 Å². The van der Waals surface area contributed by atoms with Crippen molar-refractivity contribution < 1.29 is 8.42 Å². The maximum Gasteiger partial charge on any atom is 0.263 e. The number of aromatic nitrogens is 1. The summed E-state index contributed by atoms with van der Waals surface area (Å²) in [5.74, 6) is 0.328. The van der Waals surface area contributed by atoms with Gasteiger partial charge in [0.1, 0.15) is 5.82 Å². The molecule has 5 nitrogen and oxygen atoms in total. The summed E-state index contributed by atoms with van der Waals surface area (Å²) in [5, 5.41) is 3.12. The van der Waals surface area contributed by atoms with Crippen LogP contribution >= 0.6 is 15.9 Å². The summed E-state index contributed by atoms with van der Waals surface area (Å²) in [5.41, 5.74) is 1.63. The molecule has 0 saturated heterocycles. The molecule has 0 aliphatic rings. The zero-order chi connectivity index (χ0) is 15.5. The third-order valence-corrected chi connectivity index (χ3v) is 4.61. The fraction of sp³-hybridized carbons (Fsp3) is 0.214. The summed E-state index contributed by atoms with van der Waals surface area (Å²) >= 11 is 3.30. The Kier molecular flexibility index (Phi) is 4.84. The van der Waals surface area contributed by atoms with Crippen molar-refractivity contribution in [2.75, 3.05) is 16.6 Å². The van der Waals surface area contributed by atoms with Gasteiger partial charge in [0.25, 0.3) is 10.0 Å². The van der Waals surface area contributed by atoms with Crippen LogP contribution in [0, 0.1) is 6.92 Å². The molecule has 0 spiro atoms. The average Bonchev–Trinajstić information content (AvgIpc) is 2.43. The number of halogens is 1. The molecule has 1 heterocycles. The molecule has 0 amide bonds. The minimum Gasteiger partial charge on any atom is -0.385 e. The Balaban J connectivity index is 2.25. The highest BCUT2D eigenvalue weighted by Crippen LogP contribution is 2.21. The number of hydrogen-bond donors (Lipinski definition) is 2. The van der Waals surface area contributed by atoms with Crippen LogP contribution in [-0.2, 0) is 10.0 Å². The molecule has 0 atom stereocenters. The topological polar surface area (TPSA) is 71.1 Å². The minimum atomic E-state index is -3.64. The molecule has 1 aromatic heterocycles. The predicted octanol–water partition coefficient (Wildman–Crippen LogP) is 3.39. The van der Waals surface area contributed by atoms with E-state index < -0.39 is 10.0 Å².